The van der Waals surface area contributed by atoms with E-state index in [0.29, 0.717) is 24.1 Å². The lowest BCUT2D eigenvalue weighted by atomic mass is 9.97. The molecule has 0 bridgehead atoms. The SMILES string of the molecule is CC(CC#N)C1=CCC#CC(NC(=O)c2cccnc2)=C1. The van der Waals surface area contributed by atoms with Crippen LogP contribution in [0.5, 0.6) is 0 Å². The molecule has 0 aliphatic heterocycles. The molecule has 0 aromatic carbocycles. The second-order valence-electron chi connectivity index (χ2n) is 4.73. The first-order valence-electron chi connectivity index (χ1n) is 6.69. The molecule has 1 aliphatic carbocycles. The van der Waals surface area contributed by atoms with E-state index in [0.717, 1.165) is 5.57 Å². The second kappa shape index (κ2) is 7.07. The van der Waals surface area contributed by atoms with Gasteiger partial charge in [-0.05, 0) is 35.6 Å². The van der Waals surface area contributed by atoms with Gasteiger partial charge >= 0.3 is 0 Å². The summed E-state index contributed by atoms with van der Waals surface area (Å²) in [5.74, 6) is 5.78. The Morgan fingerprint density at radius 1 is 1.62 bits per heavy atom. The van der Waals surface area contributed by atoms with Crippen LogP contribution in [0.1, 0.15) is 30.1 Å². The van der Waals surface area contributed by atoms with E-state index >= 15 is 0 Å². The zero-order valence-electron chi connectivity index (χ0n) is 11.8. The summed E-state index contributed by atoms with van der Waals surface area (Å²) in [6.45, 7) is 1.98. The normalized spacial score (nSPS) is 14.5. The summed E-state index contributed by atoms with van der Waals surface area (Å²) in [7, 11) is 0. The Labute approximate surface area is 124 Å². The highest BCUT2D eigenvalue weighted by atomic mass is 16.1. The fourth-order valence-electron chi connectivity index (χ4n) is 1.93. The highest BCUT2D eigenvalue weighted by Gasteiger charge is 2.11. The topological polar surface area (TPSA) is 65.8 Å². The van der Waals surface area contributed by atoms with Crippen molar-refractivity contribution in [2.75, 3.05) is 0 Å². The van der Waals surface area contributed by atoms with Crippen LogP contribution in [0.25, 0.3) is 0 Å². The predicted octanol–water partition coefficient (Wildman–Crippen LogP) is 2.58. The first kappa shape index (κ1) is 14.6. The molecular formula is C17H15N3O. The Balaban J connectivity index is 2.14. The van der Waals surface area contributed by atoms with Crippen molar-refractivity contribution in [3.8, 4) is 17.9 Å². The Kier molecular flexibility index (Phi) is 4.90. The number of carbonyl (C=O) groups excluding carboxylic acids is 1. The van der Waals surface area contributed by atoms with E-state index in [1.165, 1.54) is 6.20 Å². The summed E-state index contributed by atoms with van der Waals surface area (Å²) in [5.41, 5.74) is 2.05. The number of carbonyl (C=O) groups is 1. The molecule has 1 atom stereocenters. The summed E-state index contributed by atoms with van der Waals surface area (Å²) >= 11 is 0. The van der Waals surface area contributed by atoms with E-state index in [-0.39, 0.29) is 11.8 Å². The van der Waals surface area contributed by atoms with Crippen LogP contribution >= 0.6 is 0 Å². The number of amides is 1. The molecule has 0 fully saturated rings. The van der Waals surface area contributed by atoms with Crippen LogP contribution in [0.15, 0.2) is 47.9 Å². The zero-order valence-corrected chi connectivity index (χ0v) is 11.8. The van der Waals surface area contributed by atoms with Crippen molar-refractivity contribution in [3.05, 3.63) is 53.5 Å². The molecule has 21 heavy (non-hydrogen) atoms. The number of nitrogens with one attached hydrogen (secondary N) is 1. The number of nitriles is 1. The van der Waals surface area contributed by atoms with Gasteiger partial charge < -0.3 is 5.32 Å². The maximum atomic E-state index is 12.1. The summed E-state index contributed by atoms with van der Waals surface area (Å²) in [4.78, 5) is 16.0. The van der Waals surface area contributed by atoms with Crippen LogP contribution in [0.3, 0.4) is 0 Å². The van der Waals surface area contributed by atoms with E-state index in [1.807, 2.05) is 19.1 Å². The van der Waals surface area contributed by atoms with Gasteiger partial charge in [-0.3, -0.25) is 9.78 Å². The molecule has 1 unspecified atom stereocenters. The molecular weight excluding hydrogens is 262 g/mol. The number of allylic oxidation sites excluding steroid dienone is 4. The molecule has 1 amide bonds. The summed E-state index contributed by atoms with van der Waals surface area (Å²) in [6.07, 6.45) is 8.02. The molecule has 1 heterocycles. The number of nitrogens with zero attached hydrogens (tertiary/aromatic N) is 2. The van der Waals surface area contributed by atoms with Gasteiger partial charge in [-0.15, -0.1) is 0 Å². The van der Waals surface area contributed by atoms with Crippen molar-refractivity contribution in [1.29, 1.82) is 5.26 Å². The average Bonchev–Trinajstić information content (AvgIpc) is 2.74. The van der Waals surface area contributed by atoms with Crippen LogP contribution < -0.4 is 5.32 Å². The number of pyridine rings is 1. The molecule has 0 saturated carbocycles. The maximum Gasteiger partial charge on any atom is 0.257 e. The summed E-state index contributed by atoms with van der Waals surface area (Å²) < 4.78 is 0. The first-order chi connectivity index (χ1) is 10.2. The van der Waals surface area contributed by atoms with Gasteiger partial charge in [0.15, 0.2) is 0 Å². The molecule has 2 rings (SSSR count). The third-order valence-corrected chi connectivity index (χ3v) is 3.11. The van der Waals surface area contributed by atoms with Crippen molar-refractivity contribution in [1.82, 2.24) is 10.3 Å². The molecule has 104 valence electrons. The Hall–Kier alpha value is -2.85. The van der Waals surface area contributed by atoms with E-state index in [4.69, 9.17) is 5.26 Å². The van der Waals surface area contributed by atoms with E-state index in [2.05, 4.69) is 28.2 Å². The Bertz CT molecular complexity index is 684. The minimum absolute atomic E-state index is 0.113. The fraction of sp³-hybridized carbons (Fsp3) is 0.235. The summed E-state index contributed by atoms with van der Waals surface area (Å²) in [5, 5.41) is 11.6. The van der Waals surface area contributed by atoms with Gasteiger partial charge in [-0.2, -0.15) is 5.26 Å². The van der Waals surface area contributed by atoms with E-state index < -0.39 is 0 Å². The molecule has 0 spiro atoms. The van der Waals surface area contributed by atoms with E-state index in [9.17, 15) is 4.79 Å². The average molecular weight is 277 g/mol. The molecule has 1 aromatic heterocycles. The number of rotatable bonds is 4. The standard InChI is InChI=1S/C17H15N3O/c1-13(8-9-18)14-5-2-3-7-16(11-14)20-17(21)15-6-4-10-19-12-15/h4-6,10-13H,2,8H2,1H3,(H,20,21). The molecule has 1 aromatic rings. The van der Waals surface area contributed by atoms with Gasteiger partial charge in [0.2, 0.25) is 0 Å². The quantitative estimate of drug-likeness (QED) is 0.860. The van der Waals surface area contributed by atoms with Crippen molar-refractivity contribution >= 4 is 5.91 Å². The Morgan fingerprint density at radius 2 is 2.48 bits per heavy atom. The molecule has 4 heteroatoms. The van der Waals surface area contributed by atoms with Crippen molar-refractivity contribution in [2.24, 2.45) is 5.92 Å². The van der Waals surface area contributed by atoms with Gasteiger partial charge in [0.05, 0.1) is 17.3 Å². The van der Waals surface area contributed by atoms with Crippen LogP contribution in [0.4, 0.5) is 0 Å². The number of hydrogen-bond donors (Lipinski definition) is 1. The molecule has 0 saturated heterocycles. The molecule has 1 N–H and O–H groups in total. The van der Waals surface area contributed by atoms with E-state index in [1.54, 1.807) is 18.3 Å². The second-order valence-corrected chi connectivity index (χ2v) is 4.73. The molecule has 0 radical (unpaired) electrons. The lowest BCUT2D eigenvalue weighted by molar-refractivity contribution is 0.0967. The third kappa shape index (κ3) is 4.06. The predicted molar refractivity (Wildman–Crippen MR) is 79.7 cm³/mol. The van der Waals surface area contributed by atoms with Crippen LogP contribution in [-0.4, -0.2) is 10.9 Å². The zero-order chi connectivity index (χ0) is 15.1. The molecule has 4 nitrogen and oxygen atoms in total. The minimum Gasteiger partial charge on any atom is -0.315 e. The van der Waals surface area contributed by atoms with Gasteiger partial charge in [0.1, 0.15) is 0 Å². The highest BCUT2D eigenvalue weighted by Crippen LogP contribution is 2.19. The lowest BCUT2D eigenvalue weighted by Gasteiger charge is -2.10. The van der Waals surface area contributed by atoms with Crippen LogP contribution in [-0.2, 0) is 0 Å². The van der Waals surface area contributed by atoms with Crippen molar-refractivity contribution in [3.63, 3.8) is 0 Å². The smallest absolute Gasteiger partial charge is 0.257 e. The van der Waals surface area contributed by atoms with Gasteiger partial charge in [-0.25, -0.2) is 0 Å². The van der Waals surface area contributed by atoms with Crippen molar-refractivity contribution in [2.45, 2.75) is 19.8 Å². The monoisotopic (exact) mass is 277 g/mol. The number of aromatic nitrogens is 1. The largest absolute Gasteiger partial charge is 0.315 e. The lowest BCUT2D eigenvalue weighted by Crippen LogP contribution is -2.22. The minimum atomic E-state index is -0.238. The maximum absolute atomic E-state index is 12.1. The van der Waals surface area contributed by atoms with Gasteiger partial charge in [-0.1, -0.05) is 18.9 Å². The fourth-order valence-corrected chi connectivity index (χ4v) is 1.93. The van der Waals surface area contributed by atoms with Crippen LogP contribution in [0, 0.1) is 29.1 Å². The number of hydrogen-bond acceptors (Lipinski definition) is 3. The Morgan fingerprint density at radius 3 is 3.19 bits per heavy atom. The van der Waals surface area contributed by atoms with Gasteiger partial charge in [0.25, 0.3) is 5.91 Å². The highest BCUT2D eigenvalue weighted by molar-refractivity contribution is 5.95. The van der Waals surface area contributed by atoms with Gasteiger partial charge in [0, 0.05) is 25.2 Å². The van der Waals surface area contributed by atoms with Crippen molar-refractivity contribution < 1.29 is 4.79 Å². The molecule has 1 aliphatic rings. The van der Waals surface area contributed by atoms with Crippen LogP contribution in [0.2, 0.25) is 0 Å². The summed E-state index contributed by atoms with van der Waals surface area (Å²) in [6, 6.07) is 5.57. The first-order valence-corrected chi connectivity index (χ1v) is 6.69. The third-order valence-electron chi connectivity index (χ3n) is 3.11.